The Labute approximate surface area is 107 Å². The van der Waals surface area contributed by atoms with Gasteiger partial charge < -0.3 is 9.64 Å². The maximum atomic E-state index is 12.1. The largest absolute Gasteiger partial charge is 0.467 e. The highest BCUT2D eigenvalue weighted by Crippen LogP contribution is 2.23. The summed E-state index contributed by atoms with van der Waals surface area (Å²) in [5.74, 6) is -0.714. The zero-order chi connectivity index (χ0) is 12.4. The number of carbonyl (C=O) groups is 2. The number of hydrogen-bond acceptors (Lipinski definition) is 6. The summed E-state index contributed by atoms with van der Waals surface area (Å²) in [7, 11) is 1.31. The van der Waals surface area contributed by atoms with Gasteiger partial charge in [0.05, 0.1) is 7.11 Å². The number of nitrogens with zero attached hydrogens (tertiary/aromatic N) is 3. The molecule has 1 fully saturated rings. The fourth-order valence-corrected chi connectivity index (χ4v) is 2.59. The lowest BCUT2D eigenvalue weighted by Crippen LogP contribution is -2.41. The molecule has 6 nitrogen and oxygen atoms in total. The third-order valence-corrected chi connectivity index (χ3v) is 3.58. The first-order valence-corrected chi connectivity index (χ1v) is 6.20. The number of hydrogen-bond donors (Lipinski definition) is 0. The molecule has 92 valence electrons. The van der Waals surface area contributed by atoms with Crippen LogP contribution in [0.1, 0.15) is 22.6 Å². The van der Waals surface area contributed by atoms with E-state index in [4.69, 9.17) is 11.6 Å². The number of carbonyl (C=O) groups excluding carboxylic acids is 2. The quantitative estimate of drug-likeness (QED) is 0.752. The van der Waals surface area contributed by atoms with Crippen molar-refractivity contribution in [2.24, 2.45) is 0 Å². The molecule has 0 saturated carbocycles. The van der Waals surface area contributed by atoms with Crippen molar-refractivity contribution in [3.8, 4) is 0 Å². The minimum Gasteiger partial charge on any atom is -0.467 e. The summed E-state index contributed by atoms with van der Waals surface area (Å²) < 4.78 is 4.87. The van der Waals surface area contributed by atoms with Crippen LogP contribution in [0.4, 0.5) is 0 Å². The van der Waals surface area contributed by atoms with Crippen molar-refractivity contribution in [2.75, 3.05) is 13.7 Å². The van der Waals surface area contributed by atoms with Crippen LogP contribution in [0.5, 0.6) is 0 Å². The third-order valence-electron chi connectivity index (χ3n) is 2.57. The van der Waals surface area contributed by atoms with Gasteiger partial charge in [-0.05, 0) is 24.4 Å². The molecule has 1 aliphatic heterocycles. The Morgan fingerprint density at radius 3 is 2.88 bits per heavy atom. The topological polar surface area (TPSA) is 72.4 Å². The van der Waals surface area contributed by atoms with Crippen molar-refractivity contribution in [3.05, 3.63) is 9.47 Å². The molecule has 1 aliphatic rings. The Hall–Kier alpha value is -1.21. The van der Waals surface area contributed by atoms with Gasteiger partial charge >= 0.3 is 5.97 Å². The minimum atomic E-state index is -0.518. The van der Waals surface area contributed by atoms with Gasteiger partial charge in [-0.25, -0.2) is 4.79 Å². The molecule has 0 bridgehead atoms. The molecule has 0 spiro atoms. The first-order chi connectivity index (χ1) is 8.13. The summed E-state index contributed by atoms with van der Waals surface area (Å²) in [6.45, 7) is 0.524. The molecule has 1 atom stereocenters. The van der Waals surface area contributed by atoms with E-state index in [1.54, 1.807) is 0 Å². The predicted octanol–water partition coefficient (Wildman–Crippen LogP) is 0.969. The smallest absolute Gasteiger partial charge is 0.328 e. The van der Waals surface area contributed by atoms with Crippen LogP contribution in [-0.4, -0.2) is 46.7 Å². The zero-order valence-corrected chi connectivity index (χ0v) is 10.6. The van der Waals surface area contributed by atoms with Gasteiger partial charge in [-0.2, -0.15) is 0 Å². The van der Waals surface area contributed by atoms with Crippen molar-refractivity contribution in [1.82, 2.24) is 15.1 Å². The Balaban J connectivity index is 2.16. The van der Waals surface area contributed by atoms with E-state index in [0.717, 1.165) is 17.8 Å². The monoisotopic (exact) mass is 275 g/mol. The van der Waals surface area contributed by atoms with Gasteiger partial charge in [0.25, 0.3) is 5.91 Å². The Morgan fingerprint density at radius 2 is 2.29 bits per heavy atom. The predicted molar refractivity (Wildman–Crippen MR) is 61.0 cm³/mol. The molecule has 0 N–H and O–H groups in total. The van der Waals surface area contributed by atoms with Crippen molar-refractivity contribution in [3.63, 3.8) is 0 Å². The normalized spacial score (nSPS) is 19.4. The Kier molecular flexibility index (Phi) is 3.58. The fourth-order valence-electron chi connectivity index (χ4n) is 1.81. The molecule has 1 aromatic rings. The molecular formula is C9H10ClN3O3S. The van der Waals surface area contributed by atoms with E-state index in [1.165, 1.54) is 12.0 Å². The van der Waals surface area contributed by atoms with Crippen LogP contribution in [-0.2, 0) is 9.53 Å². The summed E-state index contributed by atoms with van der Waals surface area (Å²) in [6.07, 6.45) is 1.39. The van der Waals surface area contributed by atoms with Crippen molar-refractivity contribution < 1.29 is 14.3 Å². The Morgan fingerprint density at radius 1 is 1.53 bits per heavy atom. The second kappa shape index (κ2) is 4.97. The molecule has 2 rings (SSSR count). The van der Waals surface area contributed by atoms with Gasteiger partial charge in [0.15, 0.2) is 0 Å². The van der Waals surface area contributed by atoms with Crippen LogP contribution in [0.15, 0.2) is 0 Å². The van der Waals surface area contributed by atoms with E-state index in [1.807, 2.05) is 0 Å². The minimum absolute atomic E-state index is 0.200. The van der Waals surface area contributed by atoms with E-state index >= 15 is 0 Å². The molecule has 0 aromatic carbocycles. The fraction of sp³-hybridized carbons (Fsp3) is 0.556. The number of aromatic nitrogens is 2. The molecule has 2 heterocycles. The van der Waals surface area contributed by atoms with Gasteiger partial charge in [-0.15, -0.1) is 10.2 Å². The average molecular weight is 276 g/mol. The second-order valence-electron chi connectivity index (χ2n) is 3.54. The molecule has 0 aliphatic carbocycles. The van der Waals surface area contributed by atoms with Gasteiger partial charge in [0.2, 0.25) is 9.47 Å². The lowest BCUT2D eigenvalue weighted by Gasteiger charge is -2.21. The molecule has 0 radical (unpaired) electrons. The number of rotatable bonds is 2. The van der Waals surface area contributed by atoms with Gasteiger partial charge in [-0.1, -0.05) is 11.3 Å². The number of amides is 1. The van der Waals surface area contributed by atoms with Crippen LogP contribution < -0.4 is 0 Å². The van der Waals surface area contributed by atoms with Crippen molar-refractivity contribution >= 4 is 34.8 Å². The summed E-state index contributed by atoms with van der Waals surface area (Å²) in [4.78, 5) is 25.0. The van der Waals surface area contributed by atoms with Crippen LogP contribution in [0.25, 0.3) is 0 Å². The summed E-state index contributed by atoms with van der Waals surface area (Å²) >= 11 is 6.62. The summed E-state index contributed by atoms with van der Waals surface area (Å²) in [5, 5.41) is 7.44. The SMILES string of the molecule is COC(=O)C1CCCN1C(=O)c1nnc(Cl)s1. The van der Waals surface area contributed by atoms with Crippen LogP contribution in [0.2, 0.25) is 4.47 Å². The van der Waals surface area contributed by atoms with Gasteiger partial charge in [0, 0.05) is 6.54 Å². The van der Waals surface area contributed by atoms with Crippen LogP contribution in [0.3, 0.4) is 0 Å². The standard InChI is InChI=1S/C9H10ClN3O3S/c1-16-8(15)5-3-2-4-13(5)7(14)6-11-12-9(10)17-6/h5H,2-4H2,1H3. The van der Waals surface area contributed by atoms with E-state index in [9.17, 15) is 9.59 Å². The summed E-state index contributed by atoms with van der Waals surface area (Å²) in [5.41, 5.74) is 0. The van der Waals surface area contributed by atoms with Crippen LogP contribution in [0, 0.1) is 0 Å². The maximum absolute atomic E-state index is 12.1. The lowest BCUT2D eigenvalue weighted by molar-refractivity contribution is -0.145. The highest BCUT2D eigenvalue weighted by molar-refractivity contribution is 7.17. The number of esters is 1. The molecule has 1 aromatic heterocycles. The zero-order valence-electron chi connectivity index (χ0n) is 9.05. The van der Waals surface area contributed by atoms with Gasteiger partial charge in [0.1, 0.15) is 6.04 Å². The van der Waals surface area contributed by atoms with E-state index in [0.29, 0.717) is 13.0 Å². The van der Waals surface area contributed by atoms with E-state index in [-0.39, 0.29) is 15.4 Å². The van der Waals surface area contributed by atoms with Gasteiger partial charge in [-0.3, -0.25) is 4.79 Å². The molecule has 1 unspecified atom stereocenters. The number of ether oxygens (including phenoxy) is 1. The first kappa shape index (κ1) is 12.3. The van der Waals surface area contributed by atoms with Crippen molar-refractivity contribution in [2.45, 2.75) is 18.9 Å². The lowest BCUT2D eigenvalue weighted by atomic mass is 10.2. The molecule has 17 heavy (non-hydrogen) atoms. The molecule has 1 saturated heterocycles. The highest BCUT2D eigenvalue weighted by Gasteiger charge is 2.36. The average Bonchev–Trinajstić information content (AvgIpc) is 2.95. The van der Waals surface area contributed by atoms with Crippen molar-refractivity contribution in [1.29, 1.82) is 0 Å². The third kappa shape index (κ3) is 2.39. The maximum Gasteiger partial charge on any atom is 0.328 e. The van der Waals surface area contributed by atoms with E-state index in [2.05, 4.69) is 14.9 Å². The Bertz CT molecular complexity index is 450. The highest BCUT2D eigenvalue weighted by atomic mass is 35.5. The second-order valence-corrected chi connectivity index (χ2v) is 5.10. The molecular weight excluding hydrogens is 266 g/mol. The number of methoxy groups -OCH3 is 1. The van der Waals surface area contributed by atoms with Crippen LogP contribution >= 0.6 is 22.9 Å². The number of likely N-dealkylation sites (tertiary alicyclic amines) is 1. The number of halogens is 1. The molecule has 1 amide bonds. The summed E-state index contributed by atoms with van der Waals surface area (Å²) in [6, 6.07) is -0.518. The molecule has 8 heteroatoms. The van der Waals surface area contributed by atoms with E-state index < -0.39 is 12.0 Å². The first-order valence-electron chi connectivity index (χ1n) is 5.01.